The summed E-state index contributed by atoms with van der Waals surface area (Å²) >= 11 is 0. The summed E-state index contributed by atoms with van der Waals surface area (Å²) in [7, 11) is 0. The van der Waals surface area contributed by atoms with Crippen molar-refractivity contribution in [3.63, 3.8) is 0 Å². The maximum absolute atomic E-state index is 11.9. The number of anilines is 1. The van der Waals surface area contributed by atoms with Crippen molar-refractivity contribution in [2.24, 2.45) is 0 Å². The SMILES string of the molecule is O=C(CCNc1ccccc1[N+](=O)[O-])NC1(C(=O)O)CCOC1. The third-order valence-corrected chi connectivity index (χ3v) is 3.58. The summed E-state index contributed by atoms with van der Waals surface area (Å²) < 4.78 is 5.05. The van der Waals surface area contributed by atoms with Crippen LogP contribution in [-0.4, -0.2) is 47.2 Å². The van der Waals surface area contributed by atoms with Gasteiger partial charge in [-0.25, -0.2) is 4.79 Å². The van der Waals surface area contributed by atoms with Crippen LogP contribution in [0.1, 0.15) is 12.8 Å². The van der Waals surface area contributed by atoms with Crippen LogP contribution in [-0.2, 0) is 14.3 Å². The normalized spacial score (nSPS) is 20.0. The molecule has 1 fully saturated rings. The number of carbonyl (C=O) groups is 2. The van der Waals surface area contributed by atoms with Gasteiger partial charge in [0.05, 0.1) is 11.5 Å². The van der Waals surface area contributed by atoms with Gasteiger partial charge < -0.3 is 20.5 Å². The summed E-state index contributed by atoms with van der Waals surface area (Å²) in [6, 6.07) is 6.09. The van der Waals surface area contributed by atoms with Crippen LogP contribution < -0.4 is 10.6 Å². The second kappa shape index (κ2) is 7.05. The Kier molecular flexibility index (Phi) is 5.12. The number of nitrogens with zero attached hydrogens (tertiary/aromatic N) is 1. The van der Waals surface area contributed by atoms with E-state index in [4.69, 9.17) is 4.74 Å². The van der Waals surface area contributed by atoms with Gasteiger partial charge in [-0.05, 0) is 6.07 Å². The van der Waals surface area contributed by atoms with Crippen molar-refractivity contribution in [1.82, 2.24) is 5.32 Å². The Hall–Kier alpha value is -2.68. The van der Waals surface area contributed by atoms with Gasteiger partial charge in [0.15, 0.2) is 5.54 Å². The van der Waals surface area contributed by atoms with E-state index in [-0.39, 0.29) is 38.3 Å². The van der Waals surface area contributed by atoms with Gasteiger partial charge in [0.2, 0.25) is 5.91 Å². The van der Waals surface area contributed by atoms with Gasteiger partial charge in [-0.1, -0.05) is 12.1 Å². The number of aliphatic carboxylic acids is 1. The minimum absolute atomic E-state index is 0.0128. The molecule has 3 N–H and O–H groups in total. The molecule has 1 aromatic carbocycles. The van der Waals surface area contributed by atoms with Gasteiger partial charge in [-0.3, -0.25) is 14.9 Å². The van der Waals surface area contributed by atoms with Gasteiger partial charge in [0.25, 0.3) is 5.69 Å². The van der Waals surface area contributed by atoms with Crippen molar-refractivity contribution < 1.29 is 24.4 Å². The van der Waals surface area contributed by atoms with E-state index in [9.17, 15) is 24.8 Å². The Bertz CT molecular complexity index is 612. The Balaban J connectivity index is 1.88. The molecular weight excluding hydrogens is 306 g/mol. The molecule has 1 atom stereocenters. The number of carboxylic acids is 1. The predicted octanol–water partition coefficient (Wildman–Crippen LogP) is 0.757. The smallest absolute Gasteiger partial charge is 0.331 e. The lowest BCUT2D eigenvalue weighted by atomic mass is 9.99. The molecule has 0 radical (unpaired) electrons. The monoisotopic (exact) mass is 323 g/mol. The summed E-state index contributed by atoms with van der Waals surface area (Å²) in [5.74, 6) is -1.58. The molecule has 0 saturated carbocycles. The number of hydrogen-bond acceptors (Lipinski definition) is 6. The second-order valence-corrected chi connectivity index (χ2v) is 5.19. The van der Waals surface area contributed by atoms with Crippen molar-refractivity contribution in [1.29, 1.82) is 0 Å². The van der Waals surface area contributed by atoms with Crippen LogP contribution in [0.5, 0.6) is 0 Å². The van der Waals surface area contributed by atoms with E-state index in [0.717, 1.165) is 0 Å². The first-order valence-corrected chi connectivity index (χ1v) is 7.04. The molecule has 0 aromatic heterocycles. The Morgan fingerprint density at radius 1 is 1.39 bits per heavy atom. The van der Waals surface area contributed by atoms with Gasteiger partial charge >= 0.3 is 5.97 Å². The molecule has 1 aliphatic rings. The van der Waals surface area contributed by atoms with Gasteiger partial charge in [0.1, 0.15) is 5.69 Å². The predicted molar refractivity (Wildman–Crippen MR) is 80.1 cm³/mol. The molecule has 1 aromatic rings. The second-order valence-electron chi connectivity index (χ2n) is 5.19. The number of carbonyl (C=O) groups excluding carboxylic acids is 1. The molecule has 2 rings (SSSR count). The van der Waals surface area contributed by atoms with E-state index in [1.54, 1.807) is 18.2 Å². The Morgan fingerprint density at radius 2 is 2.13 bits per heavy atom. The van der Waals surface area contributed by atoms with Crippen molar-refractivity contribution in [2.75, 3.05) is 25.1 Å². The third-order valence-electron chi connectivity index (χ3n) is 3.58. The lowest BCUT2D eigenvalue weighted by Crippen LogP contribution is -2.55. The van der Waals surface area contributed by atoms with Crippen molar-refractivity contribution in [2.45, 2.75) is 18.4 Å². The molecule has 9 heteroatoms. The van der Waals surface area contributed by atoms with Crippen LogP contribution in [0, 0.1) is 10.1 Å². The summed E-state index contributed by atoms with van der Waals surface area (Å²) in [5.41, 5.74) is -1.16. The maximum atomic E-state index is 11.9. The highest BCUT2D eigenvalue weighted by atomic mass is 16.6. The average Bonchev–Trinajstić information content (AvgIpc) is 2.97. The van der Waals surface area contributed by atoms with Crippen molar-refractivity contribution in [3.05, 3.63) is 34.4 Å². The summed E-state index contributed by atoms with van der Waals surface area (Å²) in [4.78, 5) is 33.6. The zero-order valence-corrected chi connectivity index (χ0v) is 12.3. The molecule has 1 unspecified atom stereocenters. The standard InChI is InChI=1S/C14H17N3O6/c18-12(16-14(13(19)20)6-8-23-9-14)5-7-15-10-3-1-2-4-11(10)17(21)22/h1-4,15H,5-9H2,(H,16,18)(H,19,20). The zero-order chi connectivity index (χ0) is 16.9. The number of carboxylic acid groups (broad SMARTS) is 1. The molecule has 1 aliphatic heterocycles. The van der Waals surface area contributed by atoms with Gasteiger partial charge in [-0.2, -0.15) is 0 Å². The fraction of sp³-hybridized carbons (Fsp3) is 0.429. The van der Waals surface area contributed by atoms with E-state index in [0.29, 0.717) is 5.69 Å². The van der Waals surface area contributed by atoms with E-state index in [1.807, 2.05) is 0 Å². The van der Waals surface area contributed by atoms with Crippen molar-refractivity contribution >= 4 is 23.3 Å². The average molecular weight is 323 g/mol. The molecule has 0 aliphatic carbocycles. The summed E-state index contributed by atoms with van der Waals surface area (Å²) in [6.45, 7) is 0.361. The molecule has 1 amide bonds. The largest absolute Gasteiger partial charge is 0.479 e. The number of nitro benzene ring substituents is 1. The molecule has 0 bridgehead atoms. The number of para-hydroxylation sites is 2. The van der Waals surface area contributed by atoms with Crippen LogP contribution >= 0.6 is 0 Å². The number of hydrogen-bond donors (Lipinski definition) is 3. The fourth-order valence-corrected chi connectivity index (χ4v) is 2.31. The van der Waals surface area contributed by atoms with Crippen LogP contribution in [0.4, 0.5) is 11.4 Å². The van der Waals surface area contributed by atoms with Crippen molar-refractivity contribution in [3.8, 4) is 0 Å². The van der Waals surface area contributed by atoms with Crippen LogP contribution in [0.25, 0.3) is 0 Å². The molecule has 1 saturated heterocycles. The quantitative estimate of drug-likeness (QED) is 0.498. The minimum atomic E-state index is -1.38. The topological polar surface area (TPSA) is 131 Å². The minimum Gasteiger partial charge on any atom is -0.479 e. The molecular formula is C14H17N3O6. The van der Waals surface area contributed by atoms with E-state index < -0.39 is 22.3 Å². The van der Waals surface area contributed by atoms with Crippen LogP contribution in [0.2, 0.25) is 0 Å². The zero-order valence-electron chi connectivity index (χ0n) is 12.3. The lowest BCUT2D eigenvalue weighted by molar-refractivity contribution is -0.384. The molecule has 1 heterocycles. The van der Waals surface area contributed by atoms with Crippen LogP contribution in [0.15, 0.2) is 24.3 Å². The third kappa shape index (κ3) is 3.95. The number of rotatable bonds is 7. The van der Waals surface area contributed by atoms with E-state index in [2.05, 4.69) is 10.6 Å². The maximum Gasteiger partial charge on any atom is 0.331 e. The number of nitro groups is 1. The Morgan fingerprint density at radius 3 is 2.74 bits per heavy atom. The van der Waals surface area contributed by atoms with Gasteiger partial charge in [0, 0.05) is 32.1 Å². The molecule has 9 nitrogen and oxygen atoms in total. The fourth-order valence-electron chi connectivity index (χ4n) is 2.31. The molecule has 124 valence electrons. The number of nitrogens with one attached hydrogen (secondary N) is 2. The number of benzene rings is 1. The summed E-state index contributed by atoms with van der Waals surface area (Å²) in [6.07, 6.45) is 0.201. The number of ether oxygens (including phenoxy) is 1. The lowest BCUT2D eigenvalue weighted by Gasteiger charge is -2.23. The Labute approximate surface area is 131 Å². The van der Waals surface area contributed by atoms with Gasteiger partial charge in [-0.15, -0.1) is 0 Å². The first-order valence-electron chi connectivity index (χ1n) is 7.04. The number of amides is 1. The first kappa shape index (κ1) is 16.7. The highest BCUT2D eigenvalue weighted by Crippen LogP contribution is 2.23. The molecule has 0 spiro atoms. The molecule has 23 heavy (non-hydrogen) atoms. The first-order chi connectivity index (χ1) is 10.9. The summed E-state index contributed by atoms with van der Waals surface area (Å²) in [5, 5.41) is 25.4. The highest BCUT2D eigenvalue weighted by Gasteiger charge is 2.43. The van der Waals surface area contributed by atoms with E-state index in [1.165, 1.54) is 6.07 Å². The van der Waals surface area contributed by atoms with Crippen LogP contribution in [0.3, 0.4) is 0 Å². The van der Waals surface area contributed by atoms with E-state index >= 15 is 0 Å². The highest BCUT2D eigenvalue weighted by molar-refractivity contribution is 5.87.